The maximum atomic E-state index is 13.6. The number of anilines is 3. The Balaban J connectivity index is 1.51. The summed E-state index contributed by atoms with van der Waals surface area (Å²) < 4.78 is 2.03. The molecule has 0 aliphatic carbocycles. The van der Waals surface area contributed by atoms with Gasteiger partial charge in [-0.3, -0.25) is 9.69 Å². The van der Waals surface area contributed by atoms with E-state index in [1.807, 2.05) is 104 Å². The van der Waals surface area contributed by atoms with E-state index in [1.54, 1.807) is 4.90 Å². The molecule has 4 rings (SSSR count). The van der Waals surface area contributed by atoms with Gasteiger partial charge in [-0.25, -0.2) is 0 Å². The third kappa shape index (κ3) is 5.86. The molecule has 4 aromatic rings. The molecule has 1 aromatic heterocycles. The van der Waals surface area contributed by atoms with Crippen molar-refractivity contribution in [2.45, 2.75) is 44.3 Å². The number of hydrogen-bond acceptors (Lipinski definition) is 5. The smallest absolute Gasteiger partial charge is 0.244 e. The molecule has 1 atom stereocenters. The summed E-state index contributed by atoms with van der Waals surface area (Å²) in [4.78, 5) is 15.4. The number of carbonyl (C=O) groups is 1. The zero-order valence-corrected chi connectivity index (χ0v) is 21.6. The molecule has 1 N–H and O–H groups in total. The van der Waals surface area contributed by atoms with Crippen LogP contribution in [0.3, 0.4) is 0 Å². The van der Waals surface area contributed by atoms with Gasteiger partial charge in [0.25, 0.3) is 0 Å². The maximum absolute atomic E-state index is 13.6. The normalized spacial score (nSPS) is 11.8. The average Bonchev–Trinajstić information content (AvgIpc) is 3.27. The molecule has 1 heterocycles. The number of thioether (sulfide) groups is 1. The van der Waals surface area contributed by atoms with Gasteiger partial charge in [-0.2, -0.15) is 0 Å². The number of benzene rings is 3. The van der Waals surface area contributed by atoms with E-state index in [-0.39, 0.29) is 11.2 Å². The number of carbonyl (C=O) groups excluding carboxylic acids is 1. The van der Waals surface area contributed by atoms with Gasteiger partial charge in [0.1, 0.15) is 0 Å². The highest BCUT2D eigenvalue weighted by molar-refractivity contribution is 8.00. The second kappa shape index (κ2) is 11.4. The van der Waals surface area contributed by atoms with E-state index < -0.39 is 0 Å². The summed E-state index contributed by atoms with van der Waals surface area (Å²) in [5.74, 6) is 0.779. The third-order valence-corrected chi connectivity index (χ3v) is 7.09. The second-order valence-corrected chi connectivity index (χ2v) is 9.78. The molecule has 8 heteroatoms. The first-order valence-electron chi connectivity index (χ1n) is 11.5. The lowest BCUT2D eigenvalue weighted by atomic mass is 10.2. The molecule has 180 valence electrons. The number of rotatable bonds is 9. The van der Waals surface area contributed by atoms with Crippen molar-refractivity contribution in [3.05, 3.63) is 95.3 Å². The van der Waals surface area contributed by atoms with Crippen molar-refractivity contribution in [1.82, 2.24) is 14.8 Å². The van der Waals surface area contributed by atoms with Crippen molar-refractivity contribution >= 4 is 46.3 Å². The first-order valence-corrected chi connectivity index (χ1v) is 12.8. The van der Waals surface area contributed by atoms with E-state index in [9.17, 15) is 4.79 Å². The first kappa shape index (κ1) is 24.8. The first-order chi connectivity index (χ1) is 17.0. The van der Waals surface area contributed by atoms with Crippen molar-refractivity contribution in [2.24, 2.45) is 0 Å². The fourth-order valence-corrected chi connectivity index (χ4v) is 4.84. The Kier molecular flexibility index (Phi) is 8.10. The Bertz CT molecular complexity index is 1240. The maximum Gasteiger partial charge on any atom is 0.244 e. The molecule has 0 saturated heterocycles. The van der Waals surface area contributed by atoms with Gasteiger partial charge in [0.05, 0.1) is 11.8 Å². The summed E-state index contributed by atoms with van der Waals surface area (Å²) in [6.45, 7) is 7.13. The Labute approximate surface area is 215 Å². The number of nitrogens with zero attached hydrogens (tertiary/aromatic N) is 4. The lowest BCUT2D eigenvalue weighted by Gasteiger charge is -2.25. The Hall–Kier alpha value is -3.29. The van der Waals surface area contributed by atoms with Crippen LogP contribution in [0.1, 0.15) is 25.2 Å². The number of amides is 1. The number of halogens is 1. The van der Waals surface area contributed by atoms with Crippen LogP contribution in [0.2, 0.25) is 5.02 Å². The highest BCUT2D eigenvalue weighted by Crippen LogP contribution is 2.31. The summed E-state index contributed by atoms with van der Waals surface area (Å²) in [5.41, 5.74) is 3.61. The zero-order valence-electron chi connectivity index (χ0n) is 20.0. The zero-order chi connectivity index (χ0) is 24.8. The molecule has 0 spiro atoms. The molecule has 0 saturated carbocycles. The van der Waals surface area contributed by atoms with Crippen LogP contribution in [-0.2, 0) is 17.9 Å². The van der Waals surface area contributed by atoms with Crippen molar-refractivity contribution < 1.29 is 4.79 Å². The molecule has 0 radical (unpaired) electrons. The van der Waals surface area contributed by atoms with Gasteiger partial charge in [0.2, 0.25) is 5.91 Å². The van der Waals surface area contributed by atoms with Crippen molar-refractivity contribution in [3.8, 4) is 0 Å². The van der Waals surface area contributed by atoms with Crippen LogP contribution in [-0.4, -0.2) is 25.9 Å². The minimum absolute atomic E-state index is 0.0213. The molecular weight excluding hydrogens is 478 g/mol. The van der Waals surface area contributed by atoms with Crippen LogP contribution in [0.25, 0.3) is 0 Å². The van der Waals surface area contributed by atoms with Gasteiger partial charge in [0, 0.05) is 28.6 Å². The Morgan fingerprint density at radius 1 is 1.03 bits per heavy atom. The van der Waals surface area contributed by atoms with Crippen LogP contribution in [0.4, 0.5) is 17.1 Å². The van der Waals surface area contributed by atoms with E-state index in [1.165, 1.54) is 11.8 Å². The van der Waals surface area contributed by atoms with Gasteiger partial charge in [-0.05, 0) is 62.7 Å². The SMILES string of the molecule is CCn1c(CNc2ccc(C)c(Cl)c2)nnc1S[C@H](C)C(=O)N(c1ccccc1)c1ccccc1. The molecule has 0 aliphatic rings. The number of para-hydroxylation sites is 2. The summed E-state index contributed by atoms with van der Waals surface area (Å²) in [6.07, 6.45) is 0. The molecule has 0 fully saturated rings. The summed E-state index contributed by atoms with van der Waals surface area (Å²) in [5, 5.41) is 13.2. The van der Waals surface area contributed by atoms with Crippen molar-refractivity contribution in [1.29, 1.82) is 0 Å². The molecule has 0 bridgehead atoms. The highest BCUT2D eigenvalue weighted by atomic mass is 35.5. The minimum Gasteiger partial charge on any atom is -0.378 e. The van der Waals surface area contributed by atoms with Crippen molar-refractivity contribution in [2.75, 3.05) is 10.2 Å². The van der Waals surface area contributed by atoms with Crippen LogP contribution in [0.5, 0.6) is 0 Å². The molecule has 35 heavy (non-hydrogen) atoms. The van der Waals surface area contributed by atoms with E-state index in [4.69, 9.17) is 11.6 Å². The molecular formula is C27H28ClN5OS. The summed E-state index contributed by atoms with van der Waals surface area (Å²) in [7, 11) is 0. The molecule has 3 aromatic carbocycles. The fraction of sp³-hybridized carbons (Fsp3) is 0.222. The van der Waals surface area contributed by atoms with E-state index in [0.29, 0.717) is 18.2 Å². The standard InChI is InChI=1S/C27H28ClN5OS/c1-4-32-25(18-29-21-16-15-19(2)24(28)17-21)30-31-27(32)35-20(3)26(34)33(22-11-7-5-8-12-22)23-13-9-6-10-14-23/h5-17,20,29H,4,18H2,1-3H3/t20-/m1/s1. The average molecular weight is 506 g/mol. The lowest BCUT2D eigenvalue weighted by molar-refractivity contribution is -0.117. The Morgan fingerprint density at radius 3 is 2.23 bits per heavy atom. The summed E-state index contributed by atoms with van der Waals surface area (Å²) in [6, 6.07) is 25.3. The fourth-order valence-electron chi connectivity index (χ4n) is 3.69. The van der Waals surface area contributed by atoms with Gasteiger partial charge >= 0.3 is 0 Å². The monoisotopic (exact) mass is 505 g/mol. The van der Waals surface area contributed by atoms with Gasteiger partial charge < -0.3 is 9.88 Å². The summed E-state index contributed by atoms with van der Waals surface area (Å²) >= 11 is 7.66. The van der Waals surface area contributed by atoms with E-state index in [0.717, 1.165) is 33.5 Å². The number of hydrogen-bond donors (Lipinski definition) is 1. The van der Waals surface area contributed by atoms with Crippen LogP contribution in [0, 0.1) is 6.92 Å². The van der Waals surface area contributed by atoms with Crippen LogP contribution < -0.4 is 10.2 Å². The minimum atomic E-state index is -0.373. The number of nitrogens with one attached hydrogen (secondary N) is 1. The molecule has 0 aliphatic heterocycles. The third-order valence-electron chi connectivity index (χ3n) is 5.61. The topological polar surface area (TPSA) is 63.1 Å². The van der Waals surface area contributed by atoms with Gasteiger partial charge in [-0.15, -0.1) is 10.2 Å². The van der Waals surface area contributed by atoms with Crippen molar-refractivity contribution in [3.63, 3.8) is 0 Å². The molecule has 1 amide bonds. The number of aryl methyl sites for hydroxylation is 1. The van der Waals surface area contributed by atoms with E-state index in [2.05, 4.69) is 15.5 Å². The second-order valence-electron chi connectivity index (χ2n) is 8.07. The van der Waals surface area contributed by atoms with E-state index >= 15 is 0 Å². The predicted molar refractivity (Wildman–Crippen MR) is 145 cm³/mol. The van der Waals surface area contributed by atoms with Gasteiger partial charge in [-0.1, -0.05) is 65.8 Å². The van der Waals surface area contributed by atoms with Gasteiger partial charge in [0.15, 0.2) is 11.0 Å². The predicted octanol–water partition coefficient (Wildman–Crippen LogP) is 6.72. The highest BCUT2D eigenvalue weighted by Gasteiger charge is 2.26. The van der Waals surface area contributed by atoms with Crippen LogP contribution >= 0.6 is 23.4 Å². The lowest BCUT2D eigenvalue weighted by Crippen LogP contribution is -2.33. The largest absolute Gasteiger partial charge is 0.378 e. The number of aromatic nitrogens is 3. The quantitative estimate of drug-likeness (QED) is 0.256. The molecule has 6 nitrogen and oxygen atoms in total. The molecule has 0 unspecified atom stereocenters. The van der Waals surface area contributed by atoms with Crippen LogP contribution in [0.15, 0.2) is 84.0 Å². The Morgan fingerprint density at radius 2 is 1.66 bits per heavy atom.